The number of halogens is 4. The van der Waals surface area contributed by atoms with E-state index in [0.717, 1.165) is 29.2 Å². The van der Waals surface area contributed by atoms with Crippen molar-refractivity contribution in [2.75, 3.05) is 0 Å². The van der Waals surface area contributed by atoms with E-state index in [0.29, 0.717) is 12.5 Å². The zero-order valence-corrected chi connectivity index (χ0v) is 21.4. The maximum Gasteiger partial charge on any atom is 0.284 e. The molecule has 4 N–H and O–H groups in total. The van der Waals surface area contributed by atoms with E-state index in [-0.39, 0.29) is 24.1 Å². The molecule has 3 atom stereocenters. The molecule has 1 saturated heterocycles. The van der Waals surface area contributed by atoms with Gasteiger partial charge in [-0.3, -0.25) is 14.4 Å². The first-order valence-electron chi connectivity index (χ1n) is 12.0. The first-order valence-corrected chi connectivity index (χ1v) is 12.0. The Hall–Kier alpha value is -4.22. The average molecular weight is 549 g/mol. The van der Waals surface area contributed by atoms with E-state index in [1.165, 1.54) is 32.0 Å². The fourth-order valence-electron chi connectivity index (χ4n) is 4.41. The van der Waals surface area contributed by atoms with Crippen LogP contribution in [-0.4, -0.2) is 46.3 Å². The lowest BCUT2D eigenvalue weighted by molar-refractivity contribution is -0.144. The number of amides is 3. The molecule has 0 spiro atoms. The van der Waals surface area contributed by atoms with Crippen LogP contribution in [0.2, 0.25) is 0 Å². The number of ether oxygens (including phenoxy) is 1. The number of alkyl halides is 2. The van der Waals surface area contributed by atoms with Crippen LogP contribution < -0.4 is 15.8 Å². The van der Waals surface area contributed by atoms with Crippen molar-refractivity contribution in [3.8, 4) is 5.75 Å². The quantitative estimate of drug-likeness (QED) is 0.187. The zero-order valence-electron chi connectivity index (χ0n) is 21.4. The molecule has 208 valence electrons. The lowest BCUT2D eigenvalue weighted by Gasteiger charge is -2.35. The lowest BCUT2D eigenvalue weighted by Crippen LogP contribution is -2.53. The molecule has 2 aromatic carbocycles. The van der Waals surface area contributed by atoms with Crippen LogP contribution in [0.15, 0.2) is 54.3 Å². The Morgan fingerprint density at radius 2 is 1.87 bits per heavy atom. The molecule has 2 unspecified atom stereocenters. The third-order valence-electron chi connectivity index (χ3n) is 6.18. The second-order valence-electron chi connectivity index (χ2n) is 9.36. The largest absolute Gasteiger partial charge is 0.448 e. The molecule has 0 radical (unpaired) electrons. The second-order valence-corrected chi connectivity index (χ2v) is 9.36. The van der Waals surface area contributed by atoms with Crippen LogP contribution >= 0.6 is 0 Å². The number of allylic oxidation sites excluding steroid dienone is 1. The van der Waals surface area contributed by atoms with Gasteiger partial charge in [0.25, 0.3) is 17.7 Å². The van der Waals surface area contributed by atoms with Gasteiger partial charge in [0.1, 0.15) is 11.9 Å². The maximum atomic E-state index is 14.6. The van der Waals surface area contributed by atoms with Gasteiger partial charge < -0.3 is 26.1 Å². The number of likely N-dealkylation sites (tertiary alicyclic amines) is 1. The van der Waals surface area contributed by atoms with Crippen LogP contribution in [0.1, 0.15) is 55.6 Å². The highest BCUT2D eigenvalue weighted by atomic mass is 19.3. The molecule has 39 heavy (non-hydrogen) atoms. The zero-order chi connectivity index (χ0) is 29.1. The summed E-state index contributed by atoms with van der Waals surface area (Å²) in [7, 11) is 0. The van der Waals surface area contributed by atoms with E-state index in [4.69, 9.17) is 15.9 Å². The molecule has 1 aliphatic heterocycles. The summed E-state index contributed by atoms with van der Waals surface area (Å²) in [6.45, 7) is 3.36. The Morgan fingerprint density at radius 3 is 2.44 bits per heavy atom. The summed E-state index contributed by atoms with van der Waals surface area (Å²) in [4.78, 5) is 38.6. The number of hydrogen-bond acceptors (Lipinski definition) is 5. The molecular weight excluding hydrogens is 520 g/mol. The normalized spacial score (nSPS) is 18.4. The van der Waals surface area contributed by atoms with Gasteiger partial charge in [0.2, 0.25) is 5.91 Å². The minimum absolute atomic E-state index is 0.0248. The Bertz CT molecular complexity index is 1330. The third kappa shape index (κ3) is 7.01. The summed E-state index contributed by atoms with van der Waals surface area (Å²) in [5.74, 6) is -8.51. The standard InChI is InChI=1S/C27H28F4N4O4/c1-14(32)11-22(24(33)36)39-21-9-7-17(13-19(21)29)25(37)34-15(2)26(38)35-20(8-10-23(35)27(3,30)31)16-5-4-6-18(28)12-16/h4-7,9,11-13,15,20,23,32H,8,10H2,1-3H3,(H2,33,36)(H,34,37)/b22-11+,32-14?/t15-,20?,23?/m1/s1. The van der Waals surface area contributed by atoms with Crippen LogP contribution in [0.5, 0.6) is 5.75 Å². The number of hydrogen-bond donors (Lipinski definition) is 3. The van der Waals surface area contributed by atoms with Crippen LogP contribution in [0.25, 0.3) is 0 Å². The van der Waals surface area contributed by atoms with Crippen molar-refractivity contribution < 1.29 is 36.7 Å². The SMILES string of the molecule is CC(=N)/C=C(/Oc1ccc(C(=O)N[C@H](C)C(=O)N2C(c3cccc(F)c3)CCC2C(C)(F)F)cc1F)C(N)=O. The predicted molar refractivity (Wildman–Crippen MR) is 134 cm³/mol. The number of primary amides is 1. The van der Waals surface area contributed by atoms with E-state index in [1.54, 1.807) is 6.07 Å². The Balaban J connectivity index is 1.80. The van der Waals surface area contributed by atoms with E-state index in [9.17, 15) is 31.9 Å². The van der Waals surface area contributed by atoms with Gasteiger partial charge in [-0.15, -0.1) is 0 Å². The molecule has 3 amide bonds. The van der Waals surface area contributed by atoms with E-state index >= 15 is 0 Å². The first-order chi connectivity index (χ1) is 18.2. The van der Waals surface area contributed by atoms with Gasteiger partial charge >= 0.3 is 0 Å². The van der Waals surface area contributed by atoms with Gasteiger partial charge in [-0.25, -0.2) is 17.6 Å². The summed E-state index contributed by atoms with van der Waals surface area (Å²) in [5.41, 5.74) is 5.24. The van der Waals surface area contributed by atoms with Gasteiger partial charge in [-0.2, -0.15) is 0 Å². The molecule has 8 nitrogen and oxygen atoms in total. The minimum Gasteiger partial charge on any atom is -0.448 e. The molecule has 3 rings (SSSR count). The van der Waals surface area contributed by atoms with Crippen molar-refractivity contribution in [2.24, 2.45) is 5.73 Å². The van der Waals surface area contributed by atoms with E-state index < -0.39 is 64.9 Å². The Kier molecular flexibility index (Phi) is 8.78. The number of nitrogens with one attached hydrogen (secondary N) is 2. The van der Waals surface area contributed by atoms with Gasteiger partial charge in [-0.1, -0.05) is 12.1 Å². The van der Waals surface area contributed by atoms with E-state index in [2.05, 4.69) is 5.32 Å². The average Bonchev–Trinajstić information content (AvgIpc) is 3.29. The number of nitrogens with zero attached hydrogens (tertiary/aromatic N) is 1. The summed E-state index contributed by atoms with van der Waals surface area (Å²) in [6.07, 6.45) is 1.15. The van der Waals surface area contributed by atoms with Gasteiger partial charge in [0, 0.05) is 24.3 Å². The molecule has 1 heterocycles. The molecule has 0 saturated carbocycles. The van der Waals surface area contributed by atoms with Crippen molar-refractivity contribution in [2.45, 2.75) is 57.7 Å². The Morgan fingerprint density at radius 1 is 1.18 bits per heavy atom. The minimum atomic E-state index is -3.26. The topological polar surface area (TPSA) is 126 Å². The van der Waals surface area contributed by atoms with Crippen molar-refractivity contribution in [3.05, 3.63) is 77.1 Å². The molecule has 1 aliphatic rings. The number of carbonyl (C=O) groups is 3. The highest BCUT2D eigenvalue weighted by Crippen LogP contribution is 2.42. The number of carbonyl (C=O) groups excluding carboxylic acids is 3. The highest BCUT2D eigenvalue weighted by molar-refractivity contribution is 6.00. The predicted octanol–water partition coefficient (Wildman–Crippen LogP) is 4.26. The lowest BCUT2D eigenvalue weighted by atomic mass is 10.0. The van der Waals surface area contributed by atoms with Gasteiger partial charge in [0.05, 0.1) is 12.1 Å². The third-order valence-corrected chi connectivity index (χ3v) is 6.18. The molecule has 12 heteroatoms. The number of nitrogens with two attached hydrogens (primary N) is 1. The Labute approximate surface area is 222 Å². The molecule has 2 aromatic rings. The van der Waals surface area contributed by atoms with Crippen LogP contribution in [-0.2, 0) is 9.59 Å². The smallest absolute Gasteiger partial charge is 0.284 e. The second kappa shape index (κ2) is 11.7. The van der Waals surface area contributed by atoms with Gasteiger partial charge in [0.15, 0.2) is 17.3 Å². The van der Waals surface area contributed by atoms with E-state index in [1.807, 2.05) is 0 Å². The maximum absolute atomic E-state index is 14.6. The van der Waals surface area contributed by atoms with Crippen molar-refractivity contribution in [1.29, 1.82) is 5.41 Å². The molecule has 0 bridgehead atoms. The number of benzene rings is 2. The molecular formula is C27H28F4N4O4. The van der Waals surface area contributed by atoms with Crippen molar-refractivity contribution in [1.82, 2.24) is 10.2 Å². The fourth-order valence-corrected chi connectivity index (χ4v) is 4.41. The van der Waals surface area contributed by atoms with Crippen molar-refractivity contribution >= 4 is 23.4 Å². The fraction of sp³-hybridized carbons (Fsp3) is 0.333. The summed E-state index contributed by atoms with van der Waals surface area (Å²) in [5, 5.41) is 9.80. The van der Waals surface area contributed by atoms with Crippen LogP contribution in [0.3, 0.4) is 0 Å². The molecule has 0 aromatic heterocycles. The monoisotopic (exact) mass is 548 g/mol. The first kappa shape index (κ1) is 29.3. The van der Waals surface area contributed by atoms with Gasteiger partial charge in [-0.05, 0) is 62.6 Å². The van der Waals surface area contributed by atoms with Crippen LogP contribution in [0, 0.1) is 17.0 Å². The highest BCUT2D eigenvalue weighted by Gasteiger charge is 2.49. The summed E-state index contributed by atoms with van der Waals surface area (Å²) >= 11 is 0. The number of rotatable bonds is 9. The van der Waals surface area contributed by atoms with Crippen LogP contribution in [0.4, 0.5) is 17.6 Å². The molecule has 0 aliphatic carbocycles. The summed E-state index contributed by atoms with van der Waals surface area (Å²) < 4.78 is 62.5. The molecule has 1 fully saturated rings. The summed E-state index contributed by atoms with van der Waals surface area (Å²) in [6, 6.07) is 4.79. The van der Waals surface area contributed by atoms with Crippen molar-refractivity contribution in [3.63, 3.8) is 0 Å².